The summed E-state index contributed by atoms with van der Waals surface area (Å²) in [6.45, 7) is 0.199. The van der Waals surface area contributed by atoms with E-state index in [0.717, 1.165) is 0 Å². The number of carbonyl (C=O) groups excluding carboxylic acids is 1. The molecule has 0 unspecified atom stereocenters. The van der Waals surface area contributed by atoms with Gasteiger partial charge in [-0.3, -0.25) is 4.79 Å². The molecular weight excluding hydrogens is 523 g/mol. The SMILES string of the molecule is O=C(CCc1ccc(O)c(-c2ncc(C(F)(F)F)cn2)c1)[C@@H]1CCCN1S(=O)(=O)c1cc2ccccc2o1. The van der Waals surface area contributed by atoms with Gasteiger partial charge in [-0.15, -0.1) is 0 Å². The number of aromatic nitrogens is 2. The number of furan rings is 1. The molecule has 1 saturated heterocycles. The van der Waals surface area contributed by atoms with E-state index in [1.54, 1.807) is 30.3 Å². The maximum atomic E-state index is 13.3. The number of alkyl halides is 3. The first kappa shape index (κ1) is 25.9. The van der Waals surface area contributed by atoms with E-state index < -0.39 is 27.8 Å². The zero-order chi connectivity index (χ0) is 27.1. The molecule has 2 aromatic carbocycles. The van der Waals surface area contributed by atoms with Crippen LogP contribution in [-0.4, -0.2) is 46.2 Å². The van der Waals surface area contributed by atoms with E-state index in [1.165, 1.54) is 22.5 Å². The molecule has 1 atom stereocenters. The second-order valence-corrected chi connectivity index (χ2v) is 10.8. The van der Waals surface area contributed by atoms with Crippen molar-refractivity contribution >= 4 is 26.8 Å². The van der Waals surface area contributed by atoms with Crippen LogP contribution in [0.1, 0.15) is 30.4 Å². The van der Waals surface area contributed by atoms with Gasteiger partial charge in [-0.05, 0) is 43.0 Å². The number of nitrogens with zero attached hydrogens (tertiary/aromatic N) is 3. The Morgan fingerprint density at radius 3 is 2.55 bits per heavy atom. The topological polar surface area (TPSA) is 114 Å². The lowest BCUT2D eigenvalue weighted by Crippen LogP contribution is -2.40. The first-order valence-electron chi connectivity index (χ1n) is 11.8. The van der Waals surface area contributed by atoms with Crippen molar-refractivity contribution in [1.29, 1.82) is 0 Å². The maximum Gasteiger partial charge on any atom is 0.419 e. The Morgan fingerprint density at radius 2 is 1.84 bits per heavy atom. The van der Waals surface area contributed by atoms with Crippen molar-refractivity contribution in [3.63, 3.8) is 0 Å². The highest BCUT2D eigenvalue weighted by molar-refractivity contribution is 7.89. The fourth-order valence-electron chi connectivity index (χ4n) is 4.52. The Hall–Kier alpha value is -3.77. The van der Waals surface area contributed by atoms with Crippen LogP contribution in [0.4, 0.5) is 13.2 Å². The number of sulfonamides is 1. The number of hydrogen-bond acceptors (Lipinski definition) is 7. The first-order chi connectivity index (χ1) is 18.0. The Bertz CT molecular complexity index is 1570. The van der Waals surface area contributed by atoms with Crippen molar-refractivity contribution in [3.8, 4) is 17.1 Å². The van der Waals surface area contributed by atoms with Gasteiger partial charge in [0.15, 0.2) is 11.6 Å². The molecule has 1 aliphatic rings. The highest BCUT2D eigenvalue weighted by Crippen LogP contribution is 2.33. The normalized spacial score (nSPS) is 16.8. The molecule has 0 bridgehead atoms. The molecule has 1 aliphatic heterocycles. The molecule has 1 fully saturated rings. The van der Waals surface area contributed by atoms with Gasteiger partial charge in [-0.1, -0.05) is 24.3 Å². The van der Waals surface area contributed by atoms with Gasteiger partial charge in [-0.2, -0.15) is 17.5 Å². The minimum absolute atomic E-state index is 0.0227. The van der Waals surface area contributed by atoms with E-state index in [2.05, 4.69) is 9.97 Å². The number of rotatable bonds is 7. The van der Waals surface area contributed by atoms with Crippen LogP contribution in [0.25, 0.3) is 22.4 Å². The third-order valence-electron chi connectivity index (χ3n) is 6.48. The number of fused-ring (bicyclic) bond motifs is 1. The highest BCUT2D eigenvalue weighted by atomic mass is 32.2. The summed E-state index contributed by atoms with van der Waals surface area (Å²) in [6, 6.07) is 12.0. The van der Waals surface area contributed by atoms with Crippen LogP contribution in [0.5, 0.6) is 5.75 Å². The predicted octanol–water partition coefficient (Wildman–Crippen LogP) is 4.97. The highest BCUT2D eigenvalue weighted by Gasteiger charge is 2.40. The van der Waals surface area contributed by atoms with Gasteiger partial charge in [0, 0.05) is 36.8 Å². The van der Waals surface area contributed by atoms with Crippen molar-refractivity contribution in [2.24, 2.45) is 0 Å². The molecule has 0 spiro atoms. The van der Waals surface area contributed by atoms with Gasteiger partial charge in [0.25, 0.3) is 10.0 Å². The van der Waals surface area contributed by atoms with E-state index in [1.807, 2.05) is 0 Å². The van der Waals surface area contributed by atoms with E-state index in [4.69, 9.17) is 4.42 Å². The van der Waals surface area contributed by atoms with Crippen LogP contribution in [0.3, 0.4) is 0 Å². The molecule has 38 heavy (non-hydrogen) atoms. The summed E-state index contributed by atoms with van der Waals surface area (Å²) in [4.78, 5) is 20.5. The van der Waals surface area contributed by atoms with Gasteiger partial charge in [0.1, 0.15) is 11.3 Å². The van der Waals surface area contributed by atoms with Crippen molar-refractivity contribution in [2.45, 2.75) is 43.0 Å². The summed E-state index contributed by atoms with van der Waals surface area (Å²) in [6.07, 6.45) is -2.15. The molecule has 0 saturated carbocycles. The maximum absolute atomic E-state index is 13.3. The Balaban J connectivity index is 1.30. The average molecular weight is 546 g/mol. The van der Waals surface area contributed by atoms with Crippen LogP contribution in [0.2, 0.25) is 0 Å². The number of phenols is 1. The molecular formula is C26H22F3N3O5S. The summed E-state index contributed by atoms with van der Waals surface area (Å²) in [5, 5.41) is 10.6. The van der Waals surface area contributed by atoms with Crippen molar-refractivity contribution < 1.29 is 35.9 Å². The second-order valence-electron chi connectivity index (χ2n) is 8.99. The molecule has 5 rings (SSSR count). The number of para-hydroxylation sites is 1. The quantitative estimate of drug-likeness (QED) is 0.349. The molecule has 0 amide bonds. The van der Waals surface area contributed by atoms with E-state index in [0.29, 0.717) is 41.8 Å². The average Bonchev–Trinajstić information content (AvgIpc) is 3.56. The summed E-state index contributed by atoms with van der Waals surface area (Å²) < 4.78 is 71.7. The minimum Gasteiger partial charge on any atom is -0.507 e. The minimum atomic E-state index is -4.59. The summed E-state index contributed by atoms with van der Waals surface area (Å²) in [5.41, 5.74) is 0.160. The van der Waals surface area contributed by atoms with Gasteiger partial charge in [-0.25, -0.2) is 18.4 Å². The van der Waals surface area contributed by atoms with Crippen LogP contribution in [0.15, 0.2) is 70.4 Å². The van der Waals surface area contributed by atoms with E-state index in [9.17, 15) is 31.5 Å². The number of hydrogen-bond donors (Lipinski definition) is 1. The fraction of sp³-hybridized carbons (Fsp3) is 0.269. The lowest BCUT2D eigenvalue weighted by atomic mass is 10.0. The molecule has 0 radical (unpaired) electrons. The number of Topliss-reactive ketones (excluding diaryl/α,β-unsaturated/α-hetero) is 1. The van der Waals surface area contributed by atoms with Crippen molar-refractivity contribution in [1.82, 2.24) is 14.3 Å². The Kier molecular flexibility index (Phi) is 6.70. The van der Waals surface area contributed by atoms with Crippen LogP contribution in [-0.2, 0) is 27.4 Å². The number of aromatic hydroxyl groups is 1. The first-order valence-corrected chi connectivity index (χ1v) is 13.2. The zero-order valence-electron chi connectivity index (χ0n) is 19.9. The van der Waals surface area contributed by atoms with Gasteiger partial charge < -0.3 is 9.52 Å². The molecule has 8 nitrogen and oxygen atoms in total. The van der Waals surface area contributed by atoms with Gasteiger partial charge in [0.05, 0.1) is 17.2 Å². The Morgan fingerprint density at radius 1 is 1.11 bits per heavy atom. The fourth-order valence-corrected chi connectivity index (χ4v) is 6.14. The third-order valence-corrected chi connectivity index (χ3v) is 8.25. The van der Waals surface area contributed by atoms with Crippen LogP contribution in [0, 0.1) is 0 Å². The van der Waals surface area contributed by atoms with Crippen LogP contribution >= 0.6 is 0 Å². The van der Waals surface area contributed by atoms with Crippen molar-refractivity contribution in [3.05, 3.63) is 72.1 Å². The van der Waals surface area contributed by atoms with E-state index >= 15 is 0 Å². The molecule has 1 N–H and O–H groups in total. The van der Waals surface area contributed by atoms with Gasteiger partial charge >= 0.3 is 6.18 Å². The number of halogens is 3. The molecule has 2 aromatic heterocycles. The second kappa shape index (κ2) is 9.84. The number of phenolic OH excluding ortho intramolecular Hbond substituents is 1. The number of carbonyl (C=O) groups is 1. The van der Waals surface area contributed by atoms with E-state index in [-0.39, 0.29) is 47.4 Å². The molecule has 12 heteroatoms. The van der Waals surface area contributed by atoms with Gasteiger partial charge in [0.2, 0.25) is 5.09 Å². The Labute approximate surface area is 215 Å². The largest absolute Gasteiger partial charge is 0.507 e. The standard InChI is InChI=1S/C26H22F3N3O5S/c27-26(28,29)18-14-30-25(31-15-18)19-12-16(7-9-21(19)33)8-10-22(34)20-5-3-11-32(20)38(35,36)24-13-17-4-1-2-6-23(17)37-24/h1-2,4,6-7,9,12-15,20,33H,3,5,8,10-11H2/t20-/m0/s1. The smallest absolute Gasteiger partial charge is 0.419 e. The number of ketones is 1. The number of aryl methyl sites for hydroxylation is 1. The zero-order valence-corrected chi connectivity index (χ0v) is 20.7. The summed E-state index contributed by atoms with van der Waals surface area (Å²) >= 11 is 0. The lowest BCUT2D eigenvalue weighted by molar-refractivity contribution is -0.138. The molecule has 4 aromatic rings. The molecule has 0 aliphatic carbocycles. The number of benzene rings is 2. The predicted molar refractivity (Wildman–Crippen MR) is 131 cm³/mol. The third kappa shape index (κ3) is 5.01. The van der Waals surface area contributed by atoms with Crippen molar-refractivity contribution in [2.75, 3.05) is 6.54 Å². The van der Waals surface area contributed by atoms with Crippen LogP contribution < -0.4 is 0 Å². The summed E-state index contributed by atoms with van der Waals surface area (Å²) in [5.74, 6) is -0.580. The monoisotopic (exact) mass is 545 g/mol. The lowest BCUT2D eigenvalue weighted by Gasteiger charge is -2.21. The molecule has 198 valence electrons. The molecule has 3 heterocycles. The summed E-state index contributed by atoms with van der Waals surface area (Å²) in [7, 11) is -4.02.